The predicted molar refractivity (Wildman–Crippen MR) is 97.9 cm³/mol. The number of aliphatic hydroxyl groups excluding tert-OH is 1. The van der Waals surface area contributed by atoms with Crippen LogP contribution < -0.4 is 0 Å². The van der Waals surface area contributed by atoms with Crippen molar-refractivity contribution in [3.8, 4) is 0 Å². The Kier molecular flexibility index (Phi) is 7.73. The van der Waals surface area contributed by atoms with Crippen LogP contribution in [0.25, 0.3) is 0 Å². The van der Waals surface area contributed by atoms with E-state index in [0.717, 1.165) is 51.7 Å². The van der Waals surface area contributed by atoms with E-state index in [0.29, 0.717) is 12.6 Å². The molecule has 0 spiro atoms. The van der Waals surface area contributed by atoms with Crippen LogP contribution in [0.3, 0.4) is 0 Å². The Hall–Kier alpha value is -1.39. The number of benzene rings is 1. The van der Waals surface area contributed by atoms with Crippen molar-refractivity contribution >= 4 is 5.91 Å². The molecule has 0 unspecified atom stereocenters. The average molecular weight is 332 g/mol. The molecular formula is C20H32N2O2. The van der Waals surface area contributed by atoms with Gasteiger partial charge in [0.1, 0.15) is 0 Å². The van der Waals surface area contributed by atoms with Gasteiger partial charge in [-0.2, -0.15) is 0 Å². The number of hydrogen-bond donors (Lipinski definition) is 1. The monoisotopic (exact) mass is 332 g/mol. The lowest BCUT2D eigenvalue weighted by molar-refractivity contribution is -0.135. The van der Waals surface area contributed by atoms with Crippen molar-refractivity contribution < 1.29 is 9.90 Å². The van der Waals surface area contributed by atoms with Crippen molar-refractivity contribution in [1.29, 1.82) is 0 Å². The normalized spacial score (nSPS) is 16.5. The van der Waals surface area contributed by atoms with Gasteiger partial charge in [0.2, 0.25) is 5.91 Å². The van der Waals surface area contributed by atoms with Gasteiger partial charge in [0, 0.05) is 25.7 Å². The van der Waals surface area contributed by atoms with Crippen LogP contribution in [0.5, 0.6) is 0 Å². The van der Waals surface area contributed by atoms with Crippen molar-refractivity contribution in [2.75, 3.05) is 26.2 Å². The van der Waals surface area contributed by atoms with E-state index in [-0.39, 0.29) is 12.0 Å². The molecule has 2 rings (SSSR count). The zero-order valence-corrected chi connectivity index (χ0v) is 15.2. The maximum absolute atomic E-state index is 12.9. The van der Waals surface area contributed by atoms with Gasteiger partial charge in [-0.1, -0.05) is 44.2 Å². The molecule has 1 fully saturated rings. The largest absolute Gasteiger partial charge is 0.393 e. The van der Waals surface area contributed by atoms with Crippen molar-refractivity contribution in [3.05, 3.63) is 35.9 Å². The molecule has 134 valence electrons. The summed E-state index contributed by atoms with van der Waals surface area (Å²) in [5.41, 5.74) is 1.28. The van der Waals surface area contributed by atoms with E-state index in [1.807, 2.05) is 6.07 Å². The highest BCUT2D eigenvalue weighted by atomic mass is 16.3. The third-order valence-corrected chi connectivity index (χ3v) is 5.10. The van der Waals surface area contributed by atoms with Gasteiger partial charge in [0.25, 0.3) is 0 Å². The van der Waals surface area contributed by atoms with Crippen LogP contribution in [0.2, 0.25) is 0 Å². The molecule has 1 saturated heterocycles. The molecule has 1 aromatic rings. The summed E-state index contributed by atoms with van der Waals surface area (Å²) in [6.07, 6.45) is 4.27. The highest BCUT2D eigenvalue weighted by Crippen LogP contribution is 2.14. The Balaban J connectivity index is 1.95. The molecule has 1 aromatic carbocycles. The van der Waals surface area contributed by atoms with Gasteiger partial charge in [-0.3, -0.25) is 9.69 Å². The first-order valence-electron chi connectivity index (χ1n) is 9.37. The Morgan fingerprint density at radius 1 is 1.21 bits per heavy atom. The number of piperidine rings is 1. The minimum absolute atomic E-state index is 0.190. The standard InChI is InChI=1S/C20H32N2O2/c1-3-18(4-2)22(15-10-17-8-6-5-7-9-17)20(24)16-21-13-11-19(23)12-14-21/h5-9,18-19,23H,3-4,10-16H2,1-2H3. The maximum atomic E-state index is 12.9. The van der Waals surface area contributed by atoms with E-state index in [2.05, 4.69) is 47.9 Å². The van der Waals surface area contributed by atoms with Crippen molar-refractivity contribution in [2.45, 2.75) is 58.1 Å². The first-order chi connectivity index (χ1) is 11.6. The molecular weight excluding hydrogens is 300 g/mol. The summed E-state index contributed by atoms with van der Waals surface area (Å²) < 4.78 is 0. The van der Waals surface area contributed by atoms with E-state index >= 15 is 0 Å². The summed E-state index contributed by atoms with van der Waals surface area (Å²) in [6, 6.07) is 10.7. The average Bonchev–Trinajstić information content (AvgIpc) is 2.61. The zero-order chi connectivity index (χ0) is 17.4. The lowest BCUT2D eigenvalue weighted by atomic mass is 10.1. The quantitative estimate of drug-likeness (QED) is 0.796. The van der Waals surface area contributed by atoms with Crippen LogP contribution in [0.1, 0.15) is 45.1 Å². The minimum atomic E-state index is -0.190. The molecule has 4 nitrogen and oxygen atoms in total. The van der Waals surface area contributed by atoms with Crippen molar-refractivity contribution in [3.63, 3.8) is 0 Å². The van der Waals surface area contributed by atoms with Gasteiger partial charge in [-0.15, -0.1) is 0 Å². The number of likely N-dealkylation sites (tertiary alicyclic amines) is 1. The molecule has 0 bridgehead atoms. The van der Waals surface area contributed by atoms with Crippen LogP contribution in [-0.2, 0) is 11.2 Å². The molecule has 0 aliphatic carbocycles. The smallest absolute Gasteiger partial charge is 0.237 e. The van der Waals surface area contributed by atoms with Crippen LogP contribution in [0.15, 0.2) is 30.3 Å². The molecule has 1 aliphatic rings. The summed E-state index contributed by atoms with van der Waals surface area (Å²) in [6.45, 7) is 7.23. The third kappa shape index (κ3) is 5.60. The van der Waals surface area contributed by atoms with E-state index in [1.54, 1.807) is 0 Å². The second-order valence-electron chi connectivity index (χ2n) is 6.80. The van der Waals surface area contributed by atoms with Crippen molar-refractivity contribution in [2.24, 2.45) is 0 Å². The molecule has 1 amide bonds. The fraction of sp³-hybridized carbons (Fsp3) is 0.650. The van der Waals surface area contributed by atoms with Gasteiger partial charge >= 0.3 is 0 Å². The van der Waals surface area contributed by atoms with E-state index < -0.39 is 0 Å². The van der Waals surface area contributed by atoms with Crippen LogP contribution in [0, 0.1) is 0 Å². The Morgan fingerprint density at radius 2 is 1.83 bits per heavy atom. The predicted octanol–water partition coefficient (Wildman–Crippen LogP) is 2.70. The molecule has 0 radical (unpaired) electrons. The van der Waals surface area contributed by atoms with Gasteiger partial charge in [-0.25, -0.2) is 0 Å². The molecule has 1 heterocycles. The van der Waals surface area contributed by atoms with Gasteiger partial charge in [0.15, 0.2) is 0 Å². The maximum Gasteiger partial charge on any atom is 0.237 e. The first-order valence-corrected chi connectivity index (χ1v) is 9.37. The number of carbonyl (C=O) groups is 1. The van der Waals surface area contributed by atoms with Crippen LogP contribution >= 0.6 is 0 Å². The van der Waals surface area contributed by atoms with Gasteiger partial charge in [0.05, 0.1) is 12.6 Å². The third-order valence-electron chi connectivity index (χ3n) is 5.10. The van der Waals surface area contributed by atoms with Crippen molar-refractivity contribution in [1.82, 2.24) is 9.80 Å². The van der Waals surface area contributed by atoms with E-state index in [1.165, 1.54) is 5.56 Å². The number of carbonyl (C=O) groups excluding carboxylic acids is 1. The first kappa shape index (κ1) is 18.9. The highest BCUT2D eigenvalue weighted by molar-refractivity contribution is 5.78. The topological polar surface area (TPSA) is 43.8 Å². The summed E-state index contributed by atoms with van der Waals surface area (Å²) >= 11 is 0. The number of aliphatic hydroxyl groups is 1. The molecule has 0 atom stereocenters. The number of hydrogen-bond acceptors (Lipinski definition) is 3. The molecule has 0 aromatic heterocycles. The van der Waals surface area contributed by atoms with E-state index in [4.69, 9.17) is 0 Å². The lowest BCUT2D eigenvalue weighted by Crippen LogP contribution is -2.48. The summed E-state index contributed by atoms with van der Waals surface area (Å²) in [4.78, 5) is 17.2. The minimum Gasteiger partial charge on any atom is -0.393 e. The fourth-order valence-electron chi connectivity index (χ4n) is 3.49. The zero-order valence-electron chi connectivity index (χ0n) is 15.2. The van der Waals surface area contributed by atoms with Crippen LogP contribution in [-0.4, -0.2) is 59.1 Å². The lowest BCUT2D eigenvalue weighted by Gasteiger charge is -2.35. The molecule has 1 aliphatic heterocycles. The number of rotatable bonds is 8. The van der Waals surface area contributed by atoms with Gasteiger partial charge in [-0.05, 0) is 37.7 Å². The van der Waals surface area contributed by atoms with E-state index in [9.17, 15) is 9.90 Å². The molecule has 4 heteroatoms. The summed E-state index contributed by atoms with van der Waals surface area (Å²) in [5.74, 6) is 0.232. The summed E-state index contributed by atoms with van der Waals surface area (Å²) in [5, 5.41) is 9.62. The number of nitrogens with zero attached hydrogens (tertiary/aromatic N) is 2. The second-order valence-corrected chi connectivity index (χ2v) is 6.80. The van der Waals surface area contributed by atoms with Gasteiger partial charge < -0.3 is 10.0 Å². The number of amides is 1. The summed E-state index contributed by atoms with van der Waals surface area (Å²) in [7, 11) is 0. The Morgan fingerprint density at radius 3 is 2.42 bits per heavy atom. The Bertz CT molecular complexity index is 480. The highest BCUT2D eigenvalue weighted by Gasteiger charge is 2.25. The molecule has 1 N–H and O–H groups in total. The molecule has 0 saturated carbocycles. The molecule has 24 heavy (non-hydrogen) atoms. The SMILES string of the molecule is CCC(CC)N(CCc1ccccc1)C(=O)CN1CCC(O)CC1. The fourth-order valence-corrected chi connectivity index (χ4v) is 3.49. The van der Waals surface area contributed by atoms with Crippen LogP contribution in [0.4, 0.5) is 0 Å². The Labute approximate surface area is 146 Å². The second kappa shape index (κ2) is 9.80.